The van der Waals surface area contributed by atoms with Crippen molar-refractivity contribution >= 4 is 16.4 Å². The monoisotopic (exact) mass is 751 g/mol. The number of alkyl halides is 9. The van der Waals surface area contributed by atoms with Gasteiger partial charge in [0.15, 0.2) is 0 Å². The number of rotatable bonds is 14. The van der Waals surface area contributed by atoms with Gasteiger partial charge in [-0.3, -0.25) is 0 Å². The number of ether oxygens (including phenoxy) is 3. The Kier molecular flexibility index (Phi) is 12.7. The molecule has 0 amide bonds. The van der Waals surface area contributed by atoms with E-state index in [4.69, 9.17) is 9.47 Å². The van der Waals surface area contributed by atoms with Crippen LogP contribution in [0.15, 0.2) is 18.2 Å². The Balaban J connectivity index is 1.28. The summed E-state index contributed by atoms with van der Waals surface area (Å²) in [4.78, 5) is 2.22. The van der Waals surface area contributed by atoms with Gasteiger partial charge in [0.2, 0.25) is 0 Å². The molecule has 0 heterocycles. The molecule has 0 aromatic heterocycles. The lowest BCUT2D eigenvalue weighted by atomic mass is 9.55. The number of aliphatic hydroxyl groups excluding tert-OH is 1. The molecule has 1 aromatic rings. The zero-order valence-electron chi connectivity index (χ0n) is 29.2. The van der Waals surface area contributed by atoms with E-state index in [-0.39, 0.29) is 22.9 Å². The standard InChI is InChI=1S/C35H50F9NO4S/c1-22(46)50-30(2,3)15-16-45(5)17-20-47-24-8-10-25-23(21-24)7-9-27-26(25)13-14-31(4)28(27)11-12-29(31)48-18-6-19-49-32(33(36,37)38,34(39,40)41)35(42,43)44/h8,10,21,26-29,46,50H,6-7,9,11-20H2,1-5H3/t26-,27-,28+,29+,31+/m1/s1. The molecule has 5 atom stereocenters. The normalized spacial score (nSPS) is 26.7. The van der Waals surface area contributed by atoms with Crippen molar-refractivity contribution in [2.45, 2.75) is 120 Å². The van der Waals surface area contributed by atoms with Gasteiger partial charge in [0.05, 0.1) is 17.8 Å². The second-order valence-corrected chi connectivity index (χ2v) is 17.1. The van der Waals surface area contributed by atoms with Gasteiger partial charge in [0.1, 0.15) is 12.4 Å². The minimum atomic E-state index is -6.74. The molecule has 3 aliphatic carbocycles. The van der Waals surface area contributed by atoms with E-state index in [1.807, 2.05) is 6.07 Å². The summed E-state index contributed by atoms with van der Waals surface area (Å²) >= 11 is 0.937. The molecule has 4 rings (SSSR count). The lowest BCUT2D eigenvalue weighted by Crippen LogP contribution is -2.67. The number of aryl methyl sites for hydroxylation is 1. The highest BCUT2D eigenvalue weighted by molar-refractivity contribution is 7.99. The largest absolute Gasteiger partial charge is 0.492 e. The van der Waals surface area contributed by atoms with Crippen LogP contribution in [0.5, 0.6) is 5.75 Å². The van der Waals surface area contributed by atoms with E-state index in [9.17, 15) is 44.6 Å². The molecule has 5 nitrogen and oxygen atoms in total. The van der Waals surface area contributed by atoms with Gasteiger partial charge in [-0.1, -0.05) is 26.8 Å². The van der Waals surface area contributed by atoms with E-state index >= 15 is 0 Å². The second kappa shape index (κ2) is 15.4. The smallest absolute Gasteiger partial charge is 0.435 e. The van der Waals surface area contributed by atoms with Crippen LogP contribution in [0.3, 0.4) is 0 Å². The van der Waals surface area contributed by atoms with Crippen molar-refractivity contribution in [3.05, 3.63) is 29.3 Å². The molecule has 0 saturated heterocycles. The minimum absolute atomic E-state index is 0.00932. The number of hydrogen-bond donors (Lipinski definition) is 2. The summed E-state index contributed by atoms with van der Waals surface area (Å²) in [5.74, 6) is 1.88. The van der Waals surface area contributed by atoms with Gasteiger partial charge >= 0.3 is 24.1 Å². The third-order valence-electron chi connectivity index (χ3n) is 11.0. The van der Waals surface area contributed by atoms with Crippen molar-refractivity contribution in [2.24, 2.45) is 17.3 Å². The topological polar surface area (TPSA) is 51.2 Å². The number of benzene rings is 1. The first-order valence-corrected chi connectivity index (χ1v) is 18.1. The van der Waals surface area contributed by atoms with Crippen LogP contribution in [0.1, 0.15) is 89.7 Å². The summed E-state index contributed by atoms with van der Waals surface area (Å²) in [5, 5.41) is 10.1. The third kappa shape index (κ3) is 8.80. The van der Waals surface area contributed by atoms with Crippen molar-refractivity contribution in [3.63, 3.8) is 0 Å². The lowest BCUT2D eigenvalue weighted by molar-refractivity contribution is -0.457. The molecule has 2 fully saturated rings. The summed E-state index contributed by atoms with van der Waals surface area (Å²) in [7, 11) is 2.06. The van der Waals surface area contributed by atoms with Gasteiger partial charge in [-0.2, -0.15) is 50.9 Å². The fourth-order valence-electron chi connectivity index (χ4n) is 8.50. The van der Waals surface area contributed by atoms with Crippen LogP contribution in [0.25, 0.3) is 0 Å². The van der Waals surface area contributed by atoms with E-state index < -0.39 is 37.2 Å². The molecule has 50 heavy (non-hydrogen) atoms. The summed E-state index contributed by atoms with van der Waals surface area (Å²) in [6.45, 7) is 8.56. The van der Waals surface area contributed by atoms with E-state index in [2.05, 4.69) is 49.6 Å². The zero-order chi connectivity index (χ0) is 37.3. The Morgan fingerprint density at radius 3 is 2.20 bits per heavy atom. The number of thiol groups is 1. The van der Waals surface area contributed by atoms with Crippen molar-refractivity contribution < 1.29 is 58.8 Å². The van der Waals surface area contributed by atoms with Crippen LogP contribution >= 0.6 is 11.4 Å². The van der Waals surface area contributed by atoms with Gasteiger partial charge in [0, 0.05) is 17.9 Å². The Bertz CT molecular complexity index is 1290. The van der Waals surface area contributed by atoms with Crippen molar-refractivity contribution in [3.8, 4) is 5.75 Å². The molecule has 0 radical (unpaired) electrons. The molecular weight excluding hydrogens is 701 g/mol. The first kappa shape index (κ1) is 41.2. The number of halogens is 9. The van der Waals surface area contributed by atoms with E-state index in [0.29, 0.717) is 35.8 Å². The Labute approximate surface area is 292 Å². The van der Waals surface area contributed by atoms with E-state index in [1.165, 1.54) is 11.1 Å². The first-order valence-electron chi connectivity index (χ1n) is 17.2. The van der Waals surface area contributed by atoms with Crippen LogP contribution in [0.2, 0.25) is 0 Å². The fraction of sp³-hybridized carbons (Fsp3) is 0.800. The first-order chi connectivity index (χ1) is 23.0. The summed E-state index contributed by atoms with van der Waals surface area (Å²) < 4.78 is 134. The summed E-state index contributed by atoms with van der Waals surface area (Å²) in [6.07, 6.45) is -15.0. The van der Waals surface area contributed by atoms with Gasteiger partial charge in [-0.25, -0.2) is 0 Å². The number of aliphatic hydroxyl groups is 1. The molecule has 2 saturated carbocycles. The van der Waals surface area contributed by atoms with Crippen LogP contribution in [0.4, 0.5) is 39.5 Å². The molecule has 0 bridgehead atoms. The van der Waals surface area contributed by atoms with E-state index in [0.717, 1.165) is 68.7 Å². The Morgan fingerprint density at radius 1 is 0.920 bits per heavy atom. The highest BCUT2D eigenvalue weighted by Crippen LogP contribution is 2.62. The van der Waals surface area contributed by atoms with Gasteiger partial charge in [-0.15, -0.1) is 0 Å². The Hall–Kier alpha value is -1.55. The number of hydrogen-bond acceptors (Lipinski definition) is 4. The van der Waals surface area contributed by atoms with Gasteiger partial charge in [0.25, 0.3) is 0 Å². The molecule has 0 unspecified atom stereocenters. The summed E-state index contributed by atoms with van der Waals surface area (Å²) in [5.41, 5.74) is -3.93. The lowest BCUT2D eigenvalue weighted by Gasteiger charge is -2.50. The number of fused-ring (bicyclic) bond motifs is 5. The predicted molar refractivity (Wildman–Crippen MR) is 176 cm³/mol. The van der Waals surface area contributed by atoms with Crippen molar-refractivity contribution in [1.29, 1.82) is 0 Å². The van der Waals surface area contributed by atoms with Crippen LogP contribution in [0, 0.1) is 17.3 Å². The molecule has 1 aromatic carbocycles. The van der Waals surface area contributed by atoms with Crippen LogP contribution in [-0.2, 0) is 15.9 Å². The van der Waals surface area contributed by atoms with Crippen LogP contribution < -0.4 is 4.74 Å². The molecule has 288 valence electrons. The minimum Gasteiger partial charge on any atom is -0.492 e. The molecule has 0 aliphatic heterocycles. The number of nitrogens with zero attached hydrogens (tertiary/aromatic N) is 1. The predicted octanol–water partition coefficient (Wildman–Crippen LogP) is 9.41. The SMILES string of the molecule is CC(O)=[SH]C(C)(C)CCN(C)CCOc1ccc2c(c1)CC[C@@H]1[C@@H]2CC[C@]2(C)[C@@H](OCCCOC(C(F)(F)F)(C(F)(F)F)C(F)(F)F)CC[C@@H]12. The van der Waals surface area contributed by atoms with Gasteiger partial charge in [-0.05, 0) is 118 Å². The zero-order valence-corrected chi connectivity index (χ0v) is 30.1. The van der Waals surface area contributed by atoms with Crippen molar-refractivity contribution in [1.82, 2.24) is 4.90 Å². The fourth-order valence-corrected chi connectivity index (χ4v) is 9.59. The molecule has 1 N–H and O–H groups in total. The highest BCUT2D eigenvalue weighted by atomic mass is 32.1. The quantitative estimate of drug-likeness (QED) is 0.0860. The maximum atomic E-state index is 13.2. The molecular formula is C35H50F9NO4S. The third-order valence-corrected chi connectivity index (χ3v) is 12.2. The average Bonchev–Trinajstić information content (AvgIpc) is 3.31. The molecule has 3 aliphatic rings. The molecule has 0 spiro atoms. The van der Waals surface area contributed by atoms with E-state index in [1.54, 1.807) is 6.92 Å². The van der Waals surface area contributed by atoms with Gasteiger partial charge < -0.3 is 24.2 Å². The van der Waals surface area contributed by atoms with Crippen LogP contribution in [-0.4, -0.2) is 90.0 Å². The Morgan fingerprint density at radius 2 is 1.58 bits per heavy atom. The maximum Gasteiger partial charge on any atom is 0.435 e. The number of likely N-dealkylation sites (N-methyl/N-ethyl adjacent to an activating group) is 1. The summed E-state index contributed by atoms with van der Waals surface area (Å²) in [6, 6.07) is 6.31. The maximum absolute atomic E-state index is 13.2. The second-order valence-electron chi connectivity index (χ2n) is 15.0. The average molecular weight is 752 g/mol. The molecule has 15 heteroatoms. The highest BCUT2D eigenvalue weighted by Gasteiger charge is 2.85. The van der Waals surface area contributed by atoms with Crippen molar-refractivity contribution in [2.75, 3.05) is 40.0 Å².